The topological polar surface area (TPSA) is 12.0 Å². The second-order valence-corrected chi connectivity index (χ2v) is 6.75. The van der Waals surface area contributed by atoms with E-state index in [9.17, 15) is 0 Å². The fraction of sp³-hybridized carbons (Fsp3) is 0.882. The summed E-state index contributed by atoms with van der Waals surface area (Å²) in [6.45, 7) is 6.32. The molecule has 0 spiro atoms. The van der Waals surface area contributed by atoms with Crippen LogP contribution in [0.5, 0.6) is 0 Å². The third-order valence-electron chi connectivity index (χ3n) is 5.19. The molecule has 0 aromatic rings. The quantitative estimate of drug-likeness (QED) is 0.724. The van der Waals surface area contributed by atoms with Crippen LogP contribution in [0.1, 0.15) is 77.6 Å². The summed E-state index contributed by atoms with van der Waals surface area (Å²) in [4.78, 5) is 0. The van der Waals surface area contributed by atoms with Crippen LogP contribution >= 0.6 is 0 Å². The Hall–Kier alpha value is -0.460. The molecule has 18 heavy (non-hydrogen) atoms. The fourth-order valence-electron chi connectivity index (χ4n) is 3.84. The van der Waals surface area contributed by atoms with Gasteiger partial charge in [-0.05, 0) is 37.3 Å². The van der Waals surface area contributed by atoms with E-state index < -0.39 is 0 Å². The summed E-state index contributed by atoms with van der Waals surface area (Å²) >= 11 is 0. The third-order valence-corrected chi connectivity index (χ3v) is 5.19. The third kappa shape index (κ3) is 3.76. The molecule has 1 N–H and O–H groups in total. The standard InChI is InChI=1S/C17H31N/c1-3-18-17-13-9-11-15(2)10-7-5-4-6-8-12-16(17)14-17/h3,15-16,18H,1,4-14H2,2H3. The molecule has 0 amide bonds. The number of fused-ring (bicyclic) bond motifs is 1. The van der Waals surface area contributed by atoms with Crippen LogP contribution in [-0.2, 0) is 0 Å². The van der Waals surface area contributed by atoms with Gasteiger partial charge in [-0.25, -0.2) is 0 Å². The van der Waals surface area contributed by atoms with Gasteiger partial charge in [0.2, 0.25) is 0 Å². The van der Waals surface area contributed by atoms with Crippen molar-refractivity contribution >= 4 is 0 Å². The molecule has 2 aliphatic rings. The minimum atomic E-state index is 0.454. The Morgan fingerprint density at radius 3 is 2.44 bits per heavy atom. The Morgan fingerprint density at radius 1 is 1.00 bits per heavy atom. The van der Waals surface area contributed by atoms with Crippen LogP contribution in [0.3, 0.4) is 0 Å². The van der Waals surface area contributed by atoms with Gasteiger partial charge in [-0.1, -0.05) is 64.9 Å². The Labute approximate surface area is 113 Å². The van der Waals surface area contributed by atoms with Gasteiger partial charge >= 0.3 is 0 Å². The summed E-state index contributed by atoms with van der Waals surface area (Å²) in [6, 6.07) is 0. The van der Waals surface area contributed by atoms with Gasteiger partial charge in [0.15, 0.2) is 0 Å². The van der Waals surface area contributed by atoms with Gasteiger partial charge in [0.1, 0.15) is 0 Å². The number of hydrogen-bond acceptors (Lipinski definition) is 1. The molecule has 3 atom stereocenters. The van der Waals surface area contributed by atoms with Crippen molar-refractivity contribution in [1.82, 2.24) is 5.32 Å². The minimum Gasteiger partial charge on any atom is -0.386 e. The zero-order valence-corrected chi connectivity index (χ0v) is 12.2. The van der Waals surface area contributed by atoms with E-state index in [2.05, 4.69) is 18.8 Å². The first-order valence-electron chi connectivity index (χ1n) is 8.15. The number of nitrogens with one attached hydrogen (secondary N) is 1. The second-order valence-electron chi connectivity index (χ2n) is 6.75. The van der Waals surface area contributed by atoms with Gasteiger partial charge in [-0.2, -0.15) is 0 Å². The van der Waals surface area contributed by atoms with Crippen molar-refractivity contribution in [2.75, 3.05) is 0 Å². The predicted molar refractivity (Wildman–Crippen MR) is 79.5 cm³/mol. The van der Waals surface area contributed by atoms with Gasteiger partial charge in [0.05, 0.1) is 0 Å². The van der Waals surface area contributed by atoms with E-state index in [-0.39, 0.29) is 0 Å². The Morgan fingerprint density at radius 2 is 1.67 bits per heavy atom. The van der Waals surface area contributed by atoms with E-state index in [1.54, 1.807) is 0 Å². The maximum atomic E-state index is 3.88. The van der Waals surface area contributed by atoms with Crippen molar-refractivity contribution in [3.63, 3.8) is 0 Å². The molecule has 0 heterocycles. The molecule has 0 aromatic carbocycles. The average molecular weight is 249 g/mol. The monoisotopic (exact) mass is 249 g/mol. The molecule has 0 saturated heterocycles. The molecule has 2 saturated carbocycles. The zero-order valence-electron chi connectivity index (χ0n) is 12.2. The Balaban J connectivity index is 1.85. The molecular formula is C17H31N. The molecule has 2 fully saturated rings. The van der Waals surface area contributed by atoms with E-state index in [0.29, 0.717) is 5.54 Å². The van der Waals surface area contributed by atoms with Crippen molar-refractivity contribution in [3.8, 4) is 0 Å². The molecule has 0 aliphatic heterocycles. The fourth-order valence-corrected chi connectivity index (χ4v) is 3.84. The van der Waals surface area contributed by atoms with Gasteiger partial charge < -0.3 is 5.32 Å². The van der Waals surface area contributed by atoms with Crippen molar-refractivity contribution in [2.24, 2.45) is 11.8 Å². The minimum absolute atomic E-state index is 0.454. The van der Waals surface area contributed by atoms with Crippen LogP contribution in [0, 0.1) is 11.8 Å². The van der Waals surface area contributed by atoms with E-state index in [1.165, 1.54) is 70.6 Å². The van der Waals surface area contributed by atoms with E-state index in [0.717, 1.165) is 11.8 Å². The van der Waals surface area contributed by atoms with Gasteiger partial charge in [0, 0.05) is 5.54 Å². The molecule has 2 rings (SSSR count). The lowest BCUT2D eigenvalue weighted by Crippen LogP contribution is -2.29. The molecule has 0 bridgehead atoms. The maximum Gasteiger partial charge on any atom is 0.0400 e. The summed E-state index contributed by atoms with van der Waals surface area (Å²) in [5.74, 6) is 1.87. The summed E-state index contributed by atoms with van der Waals surface area (Å²) < 4.78 is 0. The van der Waals surface area contributed by atoms with Crippen LogP contribution in [0.15, 0.2) is 12.8 Å². The lowest BCUT2D eigenvalue weighted by atomic mass is 9.95. The van der Waals surface area contributed by atoms with Crippen molar-refractivity contribution in [3.05, 3.63) is 12.8 Å². The summed E-state index contributed by atoms with van der Waals surface area (Å²) in [6.07, 6.45) is 17.7. The van der Waals surface area contributed by atoms with Crippen LogP contribution in [0.4, 0.5) is 0 Å². The lowest BCUT2D eigenvalue weighted by molar-refractivity contribution is 0.399. The molecule has 2 aliphatic carbocycles. The molecule has 0 aromatic heterocycles. The molecule has 0 radical (unpaired) electrons. The van der Waals surface area contributed by atoms with Gasteiger partial charge in [-0.3, -0.25) is 0 Å². The molecule has 3 unspecified atom stereocenters. The van der Waals surface area contributed by atoms with Crippen molar-refractivity contribution in [2.45, 2.75) is 83.1 Å². The summed E-state index contributed by atoms with van der Waals surface area (Å²) in [5.41, 5.74) is 0.454. The largest absolute Gasteiger partial charge is 0.386 e. The highest BCUT2D eigenvalue weighted by Crippen LogP contribution is 2.50. The summed E-state index contributed by atoms with van der Waals surface area (Å²) in [7, 11) is 0. The Kier molecular flexibility index (Phi) is 5.14. The highest BCUT2D eigenvalue weighted by atomic mass is 15.0. The molecular weight excluding hydrogens is 218 g/mol. The predicted octanol–water partition coefficient (Wildman–Crippen LogP) is 5.03. The smallest absolute Gasteiger partial charge is 0.0400 e. The zero-order chi connectivity index (χ0) is 12.8. The average Bonchev–Trinajstić information content (AvgIpc) is 3.01. The van der Waals surface area contributed by atoms with Gasteiger partial charge in [0.25, 0.3) is 0 Å². The first kappa shape index (κ1) is 14.0. The first-order valence-corrected chi connectivity index (χ1v) is 8.15. The second kappa shape index (κ2) is 6.63. The molecule has 1 nitrogen and oxygen atoms in total. The van der Waals surface area contributed by atoms with Gasteiger partial charge in [-0.15, -0.1) is 0 Å². The van der Waals surface area contributed by atoms with Crippen molar-refractivity contribution in [1.29, 1.82) is 0 Å². The molecule has 104 valence electrons. The van der Waals surface area contributed by atoms with Crippen molar-refractivity contribution < 1.29 is 0 Å². The highest BCUT2D eigenvalue weighted by molar-refractivity contribution is 5.11. The first-order chi connectivity index (χ1) is 8.77. The van der Waals surface area contributed by atoms with E-state index in [4.69, 9.17) is 0 Å². The highest BCUT2D eigenvalue weighted by Gasteiger charge is 2.51. The lowest BCUT2D eigenvalue weighted by Gasteiger charge is -2.19. The number of rotatable bonds is 2. The SMILES string of the molecule is C=CNC12CCCC(C)CCCCCCCC1C2. The van der Waals surface area contributed by atoms with Crippen LogP contribution in [-0.4, -0.2) is 5.54 Å². The molecule has 1 heteroatoms. The normalized spacial score (nSPS) is 38.5. The van der Waals surface area contributed by atoms with Crippen LogP contribution in [0.2, 0.25) is 0 Å². The number of hydrogen-bond donors (Lipinski definition) is 1. The van der Waals surface area contributed by atoms with Crippen LogP contribution < -0.4 is 5.32 Å². The summed E-state index contributed by atoms with van der Waals surface area (Å²) in [5, 5.41) is 3.58. The maximum absolute atomic E-state index is 3.88. The van der Waals surface area contributed by atoms with E-state index >= 15 is 0 Å². The Bertz CT molecular complexity index is 260. The van der Waals surface area contributed by atoms with Crippen LogP contribution in [0.25, 0.3) is 0 Å². The van der Waals surface area contributed by atoms with E-state index in [1.807, 2.05) is 6.20 Å².